The molecule has 0 fully saturated rings. The summed E-state index contributed by atoms with van der Waals surface area (Å²) in [4.78, 5) is 12.4. The number of thiophene rings is 1. The molecule has 3 nitrogen and oxygen atoms in total. The summed E-state index contributed by atoms with van der Waals surface area (Å²) in [6, 6.07) is 2.04. The average Bonchev–Trinajstić information content (AvgIpc) is 2.65. The number of nitrogens with one attached hydrogen (secondary N) is 1. The quantitative estimate of drug-likeness (QED) is 0.462. The fourth-order valence-electron chi connectivity index (χ4n) is 1.27. The maximum Gasteiger partial charge on any atom is 0.240 e. The predicted octanol–water partition coefficient (Wildman–Crippen LogP) is 3.09. The summed E-state index contributed by atoms with van der Waals surface area (Å²) in [6.45, 7) is 4.15. The molecular weight excluding hydrogens is 220 g/mol. The van der Waals surface area contributed by atoms with Crippen molar-refractivity contribution in [1.82, 2.24) is 5.43 Å². The van der Waals surface area contributed by atoms with E-state index in [1.54, 1.807) is 17.6 Å². The van der Waals surface area contributed by atoms with Crippen molar-refractivity contribution >= 4 is 23.5 Å². The van der Waals surface area contributed by atoms with Crippen LogP contribution in [0.1, 0.15) is 43.0 Å². The molecule has 1 heterocycles. The van der Waals surface area contributed by atoms with Crippen molar-refractivity contribution in [1.29, 1.82) is 0 Å². The van der Waals surface area contributed by atoms with Crippen LogP contribution < -0.4 is 5.43 Å². The zero-order chi connectivity index (χ0) is 11.8. The number of hydrogen-bond acceptors (Lipinski definition) is 3. The smallest absolute Gasteiger partial charge is 0.240 e. The van der Waals surface area contributed by atoms with Gasteiger partial charge in [0.15, 0.2) is 0 Å². The molecule has 0 aliphatic heterocycles. The number of hydrogen-bond donors (Lipinski definition) is 1. The summed E-state index contributed by atoms with van der Waals surface area (Å²) in [5.41, 5.74) is 3.73. The van der Waals surface area contributed by atoms with E-state index in [-0.39, 0.29) is 5.91 Å². The number of amides is 1. The lowest BCUT2D eigenvalue weighted by atomic mass is 10.2. The summed E-state index contributed by atoms with van der Waals surface area (Å²) in [7, 11) is 0. The number of carbonyl (C=O) groups excluding carboxylic acids is 1. The molecule has 1 amide bonds. The van der Waals surface area contributed by atoms with Crippen LogP contribution in [-0.2, 0) is 4.79 Å². The first-order valence-electron chi connectivity index (χ1n) is 5.60. The molecule has 0 radical (unpaired) electrons. The molecule has 0 spiro atoms. The van der Waals surface area contributed by atoms with Crippen LogP contribution in [0.5, 0.6) is 0 Å². The molecule has 0 unspecified atom stereocenters. The lowest BCUT2D eigenvalue weighted by molar-refractivity contribution is -0.121. The zero-order valence-corrected chi connectivity index (χ0v) is 10.6. The van der Waals surface area contributed by atoms with E-state index in [1.807, 2.05) is 18.4 Å². The lowest BCUT2D eigenvalue weighted by Gasteiger charge is -1.98. The highest BCUT2D eigenvalue weighted by molar-refractivity contribution is 7.11. The van der Waals surface area contributed by atoms with E-state index in [4.69, 9.17) is 0 Å². The minimum atomic E-state index is -0.00101. The summed E-state index contributed by atoms with van der Waals surface area (Å²) in [5.74, 6) is -0.00101. The van der Waals surface area contributed by atoms with E-state index in [0.717, 1.165) is 24.1 Å². The molecule has 0 saturated heterocycles. The highest BCUT2D eigenvalue weighted by atomic mass is 32.1. The summed E-state index contributed by atoms with van der Waals surface area (Å²) in [5, 5.41) is 5.95. The molecule has 1 N–H and O–H groups in total. The van der Waals surface area contributed by atoms with Crippen LogP contribution >= 0.6 is 11.3 Å². The van der Waals surface area contributed by atoms with Crippen molar-refractivity contribution in [2.75, 3.05) is 0 Å². The van der Waals surface area contributed by atoms with E-state index in [9.17, 15) is 4.79 Å². The summed E-state index contributed by atoms with van der Waals surface area (Å²) < 4.78 is 0. The first-order valence-corrected chi connectivity index (χ1v) is 6.48. The van der Waals surface area contributed by atoms with Crippen LogP contribution in [-0.4, -0.2) is 12.1 Å². The van der Waals surface area contributed by atoms with Crippen molar-refractivity contribution in [2.45, 2.75) is 39.5 Å². The van der Waals surface area contributed by atoms with Crippen molar-refractivity contribution in [2.24, 2.45) is 5.10 Å². The monoisotopic (exact) mass is 238 g/mol. The second-order valence-corrected chi connectivity index (χ2v) is 4.67. The fourth-order valence-corrected chi connectivity index (χ4v) is 2.06. The van der Waals surface area contributed by atoms with Gasteiger partial charge in [0, 0.05) is 11.3 Å². The van der Waals surface area contributed by atoms with Gasteiger partial charge in [0.1, 0.15) is 0 Å². The molecule has 88 valence electrons. The van der Waals surface area contributed by atoms with Crippen LogP contribution in [0.3, 0.4) is 0 Å². The van der Waals surface area contributed by atoms with E-state index in [1.165, 1.54) is 5.56 Å². The van der Waals surface area contributed by atoms with E-state index >= 15 is 0 Å². The predicted molar refractivity (Wildman–Crippen MR) is 68.9 cm³/mol. The third-order valence-corrected chi connectivity index (χ3v) is 3.23. The standard InChI is InChI=1S/C12H18N2OS/c1-3-4-5-6-12(15)14-13-9-11-10(2)7-8-16-11/h7-9H,3-6H2,1-2H3,(H,14,15). The molecule has 0 aliphatic rings. The van der Waals surface area contributed by atoms with E-state index < -0.39 is 0 Å². The number of unbranched alkanes of at least 4 members (excludes halogenated alkanes) is 2. The fraction of sp³-hybridized carbons (Fsp3) is 0.500. The molecule has 16 heavy (non-hydrogen) atoms. The molecule has 1 rings (SSSR count). The maximum atomic E-state index is 11.3. The molecule has 0 bridgehead atoms. The minimum absolute atomic E-state index is 0.00101. The molecule has 4 heteroatoms. The minimum Gasteiger partial charge on any atom is -0.273 e. The highest BCUT2D eigenvalue weighted by Crippen LogP contribution is 2.12. The van der Waals surface area contributed by atoms with Gasteiger partial charge in [-0.1, -0.05) is 19.8 Å². The average molecular weight is 238 g/mol. The second kappa shape index (κ2) is 7.17. The Labute approximate surface area is 101 Å². The number of nitrogens with zero attached hydrogens (tertiary/aromatic N) is 1. The zero-order valence-electron chi connectivity index (χ0n) is 9.82. The van der Waals surface area contributed by atoms with Crippen molar-refractivity contribution < 1.29 is 4.79 Å². The van der Waals surface area contributed by atoms with Gasteiger partial charge in [-0.25, -0.2) is 5.43 Å². The number of hydrazone groups is 1. The van der Waals surface area contributed by atoms with Gasteiger partial charge in [-0.05, 0) is 30.4 Å². The number of carbonyl (C=O) groups is 1. The van der Waals surface area contributed by atoms with Gasteiger partial charge in [0.2, 0.25) is 5.91 Å². The first-order chi connectivity index (χ1) is 7.74. The lowest BCUT2D eigenvalue weighted by Crippen LogP contribution is -2.16. The number of rotatable bonds is 6. The molecule has 0 aliphatic carbocycles. The Kier molecular flexibility index (Phi) is 5.78. The van der Waals surface area contributed by atoms with Crippen molar-refractivity contribution in [3.63, 3.8) is 0 Å². The normalized spacial score (nSPS) is 10.9. The molecule has 0 saturated carbocycles. The summed E-state index contributed by atoms with van der Waals surface area (Å²) >= 11 is 1.62. The second-order valence-electron chi connectivity index (χ2n) is 3.72. The van der Waals surface area contributed by atoms with Crippen LogP contribution in [0.15, 0.2) is 16.5 Å². The Hall–Kier alpha value is -1.16. The Morgan fingerprint density at radius 2 is 2.38 bits per heavy atom. The van der Waals surface area contributed by atoms with E-state index in [0.29, 0.717) is 6.42 Å². The van der Waals surface area contributed by atoms with Crippen LogP contribution in [0, 0.1) is 6.92 Å². The van der Waals surface area contributed by atoms with Gasteiger partial charge in [0.05, 0.1) is 6.21 Å². The van der Waals surface area contributed by atoms with Crippen LogP contribution in [0.25, 0.3) is 0 Å². The first kappa shape index (κ1) is 12.9. The van der Waals surface area contributed by atoms with Gasteiger partial charge in [-0.15, -0.1) is 11.3 Å². The Morgan fingerprint density at radius 3 is 3.00 bits per heavy atom. The molecule has 1 aromatic heterocycles. The Balaban J connectivity index is 2.26. The SMILES string of the molecule is CCCCCC(=O)NN=Cc1sccc1C. The largest absolute Gasteiger partial charge is 0.273 e. The molecule has 1 aromatic rings. The van der Waals surface area contributed by atoms with E-state index in [2.05, 4.69) is 17.5 Å². The van der Waals surface area contributed by atoms with Gasteiger partial charge in [0.25, 0.3) is 0 Å². The molecular formula is C12H18N2OS. The Bertz CT molecular complexity index is 358. The van der Waals surface area contributed by atoms with Crippen molar-refractivity contribution in [3.05, 3.63) is 21.9 Å². The third-order valence-electron chi connectivity index (χ3n) is 2.28. The number of aryl methyl sites for hydroxylation is 1. The van der Waals surface area contributed by atoms with Crippen molar-refractivity contribution in [3.8, 4) is 0 Å². The van der Waals surface area contributed by atoms with Gasteiger partial charge < -0.3 is 0 Å². The van der Waals surface area contributed by atoms with Gasteiger partial charge >= 0.3 is 0 Å². The Morgan fingerprint density at radius 1 is 1.56 bits per heavy atom. The third kappa shape index (κ3) is 4.57. The van der Waals surface area contributed by atoms with Gasteiger partial charge in [-0.3, -0.25) is 4.79 Å². The van der Waals surface area contributed by atoms with Crippen LogP contribution in [0.4, 0.5) is 0 Å². The highest BCUT2D eigenvalue weighted by Gasteiger charge is 1.98. The molecule has 0 atom stereocenters. The molecule has 0 aromatic carbocycles. The summed E-state index contributed by atoms with van der Waals surface area (Å²) in [6.07, 6.45) is 5.44. The topological polar surface area (TPSA) is 41.5 Å². The maximum absolute atomic E-state index is 11.3. The van der Waals surface area contributed by atoms with Gasteiger partial charge in [-0.2, -0.15) is 5.10 Å². The van der Waals surface area contributed by atoms with Crippen LogP contribution in [0.2, 0.25) is 0 Å².